The van der Waals surface area contributed by atoms with Gasteiger partial charge in [-0.25, -0.2) is 13.1 Å². The van der Waals surface area contributed by atoms with Gasteiger partial charge in [0.05, 0.1) is 15.5 Å². The van der Waals surface area contributed by atoms with Gasteiger partial charge in [-0.1, -0.05) is 11.6 Å². The number of sulfonamides is 1. The highest BCUT2D eigenvalue weighted by molar-refractivity contribution is 7.89. The third-order valence-electron chi connectivity index (χ3n) is 3.21. The highest BCUT2D eigenvalue weighted by atomic mass is 35.5. The summed E-state index contributed by atoms with van der Waals surface area (Å²) < 4.78 is 27.1. The number of carbonyl (C=O) groups is 1. The third kappa shape index (κ3) is 5.05. The lowest BCUT2D eigenvalue weighted by Crippen LogP contribution is -2.40. The molecule has 2 rings (SSSR count). The number of anilines is 1. The number of carbonyl (C=O) groups excluding carboxylic acids is 1. The summed E-state index contributed by atoms with van der Waals surface area (Å²) >= 11 is 5.94. The van der Waals surface area contributed by atoms with Crippen LogP contribution in [-0.4, -0.2) is 19.9 Å². The van der Waals surface area contributed by atoms with E-state index in [0.717, 1.165) is 0 Å². The molecular weight excluding hydrogens is 374 g/mol. The molecule has 0 aliphatic heterocycles. The van der Waals surface area contributed by atoms with Crippen LogP contribution in [0.3, 0.4) is 0 Å². The number of nitrogens with one attached hydrogen (secondary N) is 2. The second kappa shape index (κ2) is 7.46. The van der Waals surface area contributed by atoms with Gasteiger partial charge in [0.25, 0.3) is 5.91 Å². The molecule has 0 fully saturated rings. The van der Waals surface area contributed by atoms with Crippen LogP contribution in [0.1, 0.15) is 36.7 Å². The maximum Gasteiger partial charge on any atom is 0.255 e. The first kappa shape index (κ1) is 19.9. The van der Waals surface area contributed by atoms with Crippen LogP contribution in [0, 0.1) is 11.3 Å². The van der Waals surface area contributed by atoms with Crippen LogP contribution >= 0.6 is 11.6 Å². The molecule has 0 aromatic heterocycles. The van der Waals surface area contributed by atoms with Crippen LogP contribution in [0.5, 0.6) is 0 Å². The van der Waals surface area contributed by atoms with Crippen molar-refractivity contribution in [1.29, 1.82) is 5.26 Å². The molecule has 0 saturated carbocycles. The summed E-state index contributed by atoms with van der Waals surface area (Å²) in [5, 5.41) is 11.7. The lowest BCUT2D eigenvalue weighted by atomic mass is 10.1. The van der Waals surface area contributed by atoms with Crippen molar-refractivity contribution in [3.63, 3.8) is 0 Å². The van der Waals surface area contributed by atoms with Gasteiger partial charge in [0.1, 0.15) is 6.07 Å². The van der Waals surface area contributed by atoms with Gasteiger partial charge in [-0.2, -0.15) is 5.26 Å². The average Bonchev–Trinajstić information content (AvgIpc) is 2.53. The Balaban J connectivity index is 2.17. The van der Waals surface area contributed by atoms with Gasteiger partial charge in [0.15, 0.2) is 0 Å². The summed E-state index contributed by atoms with van der Waals surface area (Å²) in [6.07, 6.45) is 0. The molecule has 136 valence electrons. The molecule has 2 aromatic carbocycles. The van der Waals surface area contributed by atoms with E-state index >= 15 is 0 Å². The minimum atomic E-state index is -3.66. The van der Waals surface area contributed by atoms with Gasteiger partial charge < -0.3 is 5.32 Å². The van der Waals surface area contributed by atoms with Gasteiger partial charge in [-0.15, -0.1) is 0 Å². The fraction of sp³-hybridized carbons (Fsp3) is 0.222. The van der Waals surface area contributed by atoms with E-state index in [1.807, 2.05) is 6.07 Å². The van der Waals surface area contributed by atoms with E-state index in [2.05, 4.69) is 10.0 Å². The Morgan fingerprint density at radius 3 is 2.23 bits per heavy atom. The highest BCUT2D eigenvalue weighted by Gasteiger charge is 2.22. The molecule has 0 spiro atoms. The second-order valence-electron chi connectivity index (χ2n) is 6.64. The monoisotopic (exact) mass is 391 g/mol. The quantitative estimate of drug-likeness (QED) is 0.832. The van der Waals surface area contributed by atoms with Gasteiger partial charge in [0, 0.05) is 16.8 Å². The van der Waals surface area contributed by atoms with Gasteiger partial charge in [-0.05, 0) is 63.2 Å². The van der Waals surface area contributed by atoms with Crippen molar-refractivity contribution in [3.05, 3.63) is 58.6 Å². The smallest absolute Gasteiger partial charge is 0.255 e. The molecule has 6 nitrogen and oxygen atoms in total. The molecule has 0 unspecified atom stereocenters. The number of nitrogens with zero attached hydrogens (tertiary/aromatic N) is 1. The number of hydrogen-bond donors (Lipinski definition) is 2. The maximum absolute atomic E-state index is 12.3. The molecule has 0 atom stereocenters. The molecule has 26 heavy (non-hydrogen) atoms. The standard InChI is InChI=1S/C18H18ClN3O3S/c1-18(2,3)22-26(24,25)15-8-5-12(6-9-15)17(23)21-14-7-4-13(11-20)16(19)10-14/h4-10,22H,1-3H3,(H,21,23). The van der Waals surface area contributed by atoms with Crippen LogP contribution in [0.25, 0.3) is 0 Å². The van der Waals surface area contributed by atoms with Crippen molar-refractivity contribution >= 4 is 33.2 Å². The van der Waals surface area contributed by atoms with Crippen molar-refractivity contribution in [2.45, 2.75) is 31.2 Å². The Morgan fingerprint density at radius 2 is 1.73 bits per heavy atom. The molecule has 1 amide bonds. The number of rotatable bonds is 4. The van der Waals surface area contributed by atoms with Crippen LogP contribution in [0.4, 0.5) is 5.69 Å². The fourth-order valence-corrected chi connectivity index (χ4v) is 3.78. The molecule has 0 radical (unpaired) electrons. The van der Waals surface area contributed by atoms with Crippen LogP contribution in [0.2, 0.25) is 5.02 Å². The van der Waals surface area contributed by atoms with Crippen LogP contribution in [0.15, 0.2) is 47.4 Å². The largest absolute Gasteiger partial charge is 0.322 e. The molecule has 2 N–H and O–H groups in total. The van der Waals surface area contributed by atoms with E-state index in [0.29, 0.717) is 16.8 Å². The minimum Gasteiger partial charge on any atom is -0.322 e. The predicted octanol–water partition coefficient (Wildman–Crippen LogP) is 3.54. The SMILES string of the molecule is CC(C)(C)NS(=O)(=O)c1ccc(C(=O)Nc2ccc(C#N)c(Cl)c2)cc1. The minimum absolute atomic E-state index is 0.0744. The Hall–Kier alpha value is -2.40. The zero-order valence-corrected chi connectivity index (χ0v) is 16.1. The van der Waals surface area contributed by atoms with E-state index in [1.165, 1.54) is 36.4 Å². The predicted molar refractivity (Wildman–Crippen MR) is 101 cm³/mol. The van der Waals surface area contributed by atoms with E-state index in [4.69, 9.17) is 16.9 Å². The van der Waals surface area contributed by atoms with Crippen molar-refractivity contribution < 1.29 is 13.2 Å². The van der Waals surface area contributed by atoms with E-state index < -0.39 is 21.5 Å². The van der Waals surface area contributed by atoms with Gasteiger partial charge >= 0.3 is 0 Å². The van der Waals surface area contributed by atoms with Crippen LogP contribution in [-0.2, 0) is 10.0 Å². The number of amides is 1. The molecule has 0 aliphatic rings. The molecule has 0 heterocycles. The molecule has 8 heteroatoms. The van der Waals surface area contributed by atoms with Crippen molar-refractivity contribution in [2.75, 3.05) is 5.32 Å². The molecule has 0 bridgehead atoms. The Labute approximate surface area is 157 Å². The van der Waals surface area contributed by atoms with Crippen molar-refractivity contribution in [1.82, 2.24) is 4.72 Å². The zero-order valence-electron chi connectivity index (χ0n) is 14.5. The number of benzene rings is 2. The summed E-state index contributed by atoms with van der Waals surface area (Å²) in [4.78, 5) is 12.4. The first-order valence-electron chi connectivity index (χ1n) is 7.67. The summed E-state index contributed by atoms with van der Waals surface area (Å²) in [6, 6.07) is 12.1. The summed E-state index contributed by atoms with van der Waals surface area (Å²) in [5.74, 6) is -0.418. The van der Waals surface area contributed by atoms with Crippen LogP contribution < -0.4 is 10.0 Å². The topological polar surface area (TPSA) is 99.1 Å². The van der Waals surface area contributed by atoms with Crippen molar-refractivity contribution in [3.8, 4) is 6.07 Å². The third-order valence-corrected chi connectivity index (χ3v) is 5.30. The van der Waals surface area contributed by atoms with Gasteiger partial charge in [0.2, 0.25) is 10.0 Å². The Morgan fingerprint density at radius 1 is 1.12 bits per heavy atom. The summed E-state index contributed by atoms with van der Waals surface area (Å²) in [5.41, 5.74) is 0.430. The van der Waals surface area contributed by atoms with E-state index in [1.54, 1.807) is 26.8 Å². The Kier molecular flexibility index (Phi) is 5.71. The number of nitriles is 1. The first-order chi connectivity index (χ1) is 12.0. The number of halogens is 1. The van der Waals surface area contributed by atoms with Crippen molar-refractivity contribution in [2.24, 2.45) is 0 Å². The average molecular weight is 392 g/mol. The fourth-order valence-electron chi connectivity index (χ4n) is 2.13. The molecule has 2 aromatic rings. The zero-order chi connectivity index (χ0) is 19.5. The molecule has 0 saturated heterocycles. The summed E-state index contributed by atoms with van der Waals surface area (Å²) in [6.45, 7) is 5.24. The highest BCUT2D eigenvalue weighted by Crippen LogP contribution is 2.21. The lowest BCUT2D eigenvalue weighted by Gasteiger charge is -2.20. The molecule has 0 aliphatic carbocycles. The Bertz CT molecular complexity index is 972. The second-order valence-corrected chi connectivity index (χ2v) is 8.73. The normalized spacial score (nSPS) is 11.7. The van der Waals surface area contributed by atoms with Gasteiger partial charge in [-0.3, -0.25) is 4.79 Å². The first-order valence-corrected chi connectivity index (χ1v) is 9.53. The molecular formula is C18H18ClN3O3S. The number of hydrogen-bond acceptors (Lipinski definition) is 4. The summed E-state index contributed by atoms with van der Waals surface area (Å²) in [7, 11) is -3.66. The van der Waals surface area contributed by atoms with E-state index in [-0.39, 0.29) is 9.92 Å². The van der Waals surface area contributed by atoms with E-state index in [9.17, 15) is 13.2 Å². The lowest BCUT2D eigenvalue weighted by molar-refractivity contribution is 0.102. The maximum atomic E-state index is 12.3.